The van der Waals surface area contributed by atoms with Crippen LogP contribution < -0.4 is 0 Å². The van der Waals surface area contributed by atoms with Crippen molar-refractivity contribution < 1.29 is 15.0 Å². The molecule has 4 heteroatoms. The van der Waals surface area contributed by atoms with Crippen LogP contribution in [0.25, 0.3) is 0 Å². The number of carboxylic acids is 1. The van der Waals surface area contributed by atoms with Crippen molar-refractivity contribution in [3.8, 4) is 0 Å². The maximum absolute atomic E-state index is 9.65. The van der Waals surface area contributed by atoms with Crippen LogP contribution in [0.3, 0.4) is 0 Å². The first-order valence-corrected chi connectivity index (χ1v) is 2.03. The Labute approximate surface area is 77.7 Å². The van der Waals surface area contributed by atoms with E-state index >= 15 is 0 Å². The van der Waals surface area contributed by atoms with Crippen LogP contribution in [0.4, 0.5) is 0 Å². The quantitative estimate of drug-likeness (QED) is 0.512. The molecule has 0 heterocycles. The molecule has 0 aromatic heterocycles. The molecule has 0 saturated carbocycles. The molecule has 1 atom stereocenters. The van der Waals surface area contributed by atoms with Crippen LogP contribution >= 0.6 is 0 Å². The summed E-state index contributed by atoms with van der Waals surface area (Å²) in [4.78, 5) is 9.65. The topological polar surface area (TPSA) is 57.5 Å². The largest absolute Gasteiger partial charge is 0.481 e. The van der Waals surface area contributed by atoms with E-state index in [0.717, 1.165) is 0 Å². The first-order valence-electron chi connectivity index (χ1n) is 2.03. The van der Waals surface area contributed by atoms with Crippen molar-refractivity contribution >= 4 is 43.7 Å². The first-order chi connectivity index (χ1) is 3.13. The third-order valence-electron chi connectivity index (χ3n) is 0.470. The molecule has 44 valence electrons. The summed E-state index contributed by atoms with van der Waals surface area (Å²) in [5, 5.41) is 16.3. The van der Waals surface area contributed by atoms with Gasteiger partial charge in [0.1, 0.15) is 0 Å². The van der Waals surface area contributed by atoms with E-state index < -0.39 is 12.1 Å². The van der Waals surface area contributed by atoms with E-state index in [-0.39, 0.29) is 44.2 Å². The van der Waals surface area contributed by atoms with Crippen molar-refractivity contribution in [3.63, 3.8) is 0 Å². The fourth-order valence-corrected chi connectivity index (χ4v) is 0.253. The van der Waals surface area contributed by atoms with Crippen LogP contribution in [0.1, 0.15) is 13.3 Å². The molecule has 0 bridgehead atoms. The minimum atomic E-state index is -0.963. The Kier molecular flexibility index (Phi) is 8.35. The van der Waals surface area contributed by atoms with Gasteiger partial charge >= 0.3 is 5.97 Å². The van der Waals surface area contributed by atoms with Gasteiger partial charge in [-0.1, -0.05) is 0 Å². The molecule has 0 fully saturated rings. The summed E-state index contributed by atoms with van der Waals surface area (Å²) in [5.41, 5.74) is 0. The van der Waals surface area contributed by atoms with E-state index in [1.165, 1.54) is 6.92 Å². The molecule has 0 aliphatic heterocycles. The van der Waals surface area contributed by atoms with Gasteiger partial charge in [0.25, 0.3) is 0 Å². The van der Waals surface area contributed by atoms with Crippen molar-refractivity contribution in [2.24, 2.45) is 0 Å². The molecule has 2 N–H and O–H groups in total. The zero-order valence-electron chi connectivity index (χ0n) is 4.79. The Hall–Kier alpha value is 0.690. The Morgan fingerprint density at radius 2 is 2.12 bits per heavy atom. The monoisotopic (exact) mass is 144 g/mol. The van der Waals surface area contributed by atoms with Crippen molar-refractivity contribution in [2.75, 3.05) is 0 Å². The average Bonchev–Trinajstić information content (AvgIpc) is 1.27. The Balaban J connectivity index is 0. The summed E-state index contributed by atoms with van der Waals surface area (Å²) in [7, 11) is 0. The van der Waals surface area contributed by atoms with Gasteiger partial charge in [0, 0.05) is 37.7 Å². The Morgan fingerprint density at radius 3 is 2.12 bits per heavy atom. The van der Waals surface area contributed by atoms with Gasteiger partial charge in [0.05, 0.1) is 12.5 Å². The number of carboxylic acid groups (broad SMARTS) is 1. The fraction of sp³-hybridized carbons (Fsp3) is 0.750. The van der Waals surface area contributed by atoms with Crippen LogP contribution in [0.5, 0.6) is 0 Å². The minimum absolute atomic E-state index is 0. The van der Waals surface area contributed by atoms with E-state index in [0.29, 0.717) is 0 Å². The number of aliphatic hydroxyl groups excluding tert-OH is 1. The van der Waals surface area contributed by atoms with Gasteiger partial charge in [0.15, 0.2) is 0 Å². The van der Waals surface area contributed by atoms with Crippen molar-refractivity contribution in [1.82, 2.24) is 0 Å². The molecule has 0 spiro atoms. The predicted octanol–water partition coefficient (Wildman–Crippen LogP) is -0.539. The molecular formula is C4H8CaO3. The van der Waals surface area contributed by atoms with Gasteiger partial charge in [-0.15, -0.1) is 0 Å². The summed E-state index contributed by atoms with van der Waals surface area (Å²) < 4.78 is 0. The summed E-state index contributed by atoms with van der Waals surface area (Å²) in [6, 6.07) is 0. The maximum atomic E-state index is 9.65. The smallest absolute Gasteiger partial charge is 0.305 e. The summed E-state index contributed by atoms with van der Waals surface area (Å²) in [5.74, 6) is -0.963. The summed E-state index contributed by atoms with van der Waals surface area (Å²) >= 11 is 0. The van der Waals surface area contributed by atoms with Crippen LogP contribution in [0, 0.1) is 0 Å². The molecular weight excluding hydrogens is 136 g/mol. The second-order valence-electron chi connectivity index (χ2n) is 1.45. The normalized spacial score (nSPS) is 11.8. The van der Waals surface area contributed by atoms with Crippen LogP contribution in [-0.2, 0) is 4.79 Å². The minimum Gasteiger partial charge on any atom is -0.481 e. The summed E-state index contributed by atoms with van der Waals surface area (Å²) in [6.07, 6.45) is -0.891. The maximum Gasteiger partial charge on any atom is 0.305 e. The number of aliphatic hydroxyl groups is 1. The number of rotatable bonds is 2. The van der Waals surface area contributed by atoms with Crippen LogP contribution in [0.2, 0.25) is 0 Å². The zero-order valence-corrected chi connectivity index (χ0v) is 7.00. The van der Waals surface area contributed by atoms with Crippen molar-refractivity contribution in [2.45, 2.75) is 19.4 Å². The fourth-order valence-electron chi connectivity index (χ4n) is 0.253. The molecule has 8 heavy (non-hydrogen) atoms. The molecule has 0 saturated heterocycles. The molecule has 0 aromatic carbocycles. The third kappa shape index (κ3) is 9.85. The van der Waals surface area contributed by atoms with Crippen molar-refractivity contribution in [3.05, 3.63) is 0 Å². The van der Waals surface area contributed by atoms with Gasteiger partial charge in [-0.3, -0.25) is 4.79 Å². The molecule has 0 aliphatic carbocycles. The van der Waals surface area contributed by atoms with E-state index in [1.54, 1.807) is 0 Å². The molecule has 0 amide bonds. The van der Waals surface area contributed by atoms with Gasteiger partial charge < -0.3 is 10.2 Å². The Morgan fingerprint density at radius 1 is 1.75 bits per heavy atom. The van der Waals surface area contributed by atoms with E-state index in [4.69, 9.17) is 10.2 Å². The SMILES string of the molecule is C[C@@H](O)CC(=O)O.[Ca]. The standard InChI is InChI=1S/C4H8O3.Ca/c1-3(5)2-4(6)7;/h3,5H,2H2,1H3,(H,6,7);/t3-;/m1./s1. The van der Waals surface area contributed by atoms with Crippen LogP contribution in [-0.4, -0.2) is 60.0 Å². The van der Waals surface area contributed by atoms with Crippen molar-refractivity contribution in [1.29, 1.82) is 0 Å². The van der Waals surface area contributed by atoms with Gasteiger partial charge in [-0.2, -0.15) is 0 Å². The molecule has 0 aromatic rings. The first kappa shape index (κ1) is 11.5. The van der Waals surface area contributed by atoms with E-state index in [2.05, 4.69) is 0 Å². The van der Waals surface area contributed by atoms with E-state index in [9.17, 15) is 4.79 Å². The number of aliphatic carboxylic acids is 1. The third-order valence-corrected chi connectivity index (χ3v) is 0.470. The number of hydrogen-bond acceptors (Lipinski definition) is 2. The molecule has 0 aliphatic rings. The van der Waals surface area contributed by atoms with E-state index in [1.807, 2.05) is 0 Å². The van der Waals surface area contributed by atoms with Gasteiger partial charge in [-0.25, -0.2) is 0 Å². The van der Waals surface area contributed by atoms with Gasteiger partial charge in [0.2, 0.25) is 0 Å². The second kappa shape index (κ2) is 5.82. The zero-order chi connectivity index (χ0) is 5.86. The average molecular weight is 144 g/mol. The number of hydrogen-bond donors (Lipinski definition) is 2. The Bertz CT molecular complexity index is 71.7. The summed E-state index contributed by atoms with van der Waals surface area (Å²) in [6.45, 7) is 1.44. The van der Waals surface area contributed by atoms with Gasteiger partial charge in [-0.05, 0) is 6.92 Å². The molecule has 2 radical (unpaired) electrons. The van der Waals surface area contributed by atoms with Crippen LogP contribution in [0.15, 0.2) is 0 Å². The molecule has 0 unspecified atom stereocenters. The second-order valence-corrected chi connectivity index (χ2v) is 1.45. The number of carbonyl (C=O) groups is 1. The predicted molar refractivity (Wildman–Crippen MR) is 29.7 cm³/mol. The molecule has 0 rings (SSSR count). The molecule has 3 nitrogen and oxygen atoms in total.